The summed E-state index contributed by atoms with van der Waals surface area (Å²) < 4.78 is 45.2. The van der Waals surface area contributed by atoms with Crippen LogP contribution in [-0.4, -0.2) is 20.9 Å². The van der Waals surface area contributed by atoms with E-state index in [1.54, 1.807) is 36.4 Å². The second kappa shape index (κ2) is 8.61. The molecule has 0 fully saturated rings. The predicted molar refractivity (Wildman–Crippen MR) is 108 cm³/mol. The van der Waals surface area contributed by atoms with Crippen molar-refractivity contribution in [1.82, 2.24) is 5.32 Å². The van der Waals surface area contributed by atoms with Gasteiger partial charge in [0.2, 0.25) is 0 Å². The Morgan fingerprint density at radius 2 is 1.79 bits per heavy atom. The molecule has 0 aliphatic carbocycles. The van der Waals surface area contributed by atoms with Crippen molar-refractivity contribution in [2.75, 3.05) is 6.54 Å². The fourth-order valence-corrected chi connectivity index (χ4v) is 4.55. The smallest absolute Gasteiger partial charge is 0.251 e. The highest BCUT2D eigenvalue weighted by molar-refractivity contribution is 7.91. The maximum absolute atomic E-state index is 13.4. The highest BCUT2D eigenvalue weighted by atomic mass is 32.2. The predicted octanol–water partition coefficient (Wildman–Crippen LogP) is 4.49. The van der Waals surface area contributed by atoms with Gasteiger partial charge in [-0.15, -0.1) is 0 Å². The van der Waals surface area contributed by atoms with Gasteiger partial charge in [-0.25, -0.2) is 12.8 Å². The van der Waals surface area contributed by atoms with E-state index in [2.05, 4.69) is 5.32 Å². The van der Waals surface area contributed by atoms with Crippen LogP contribution in [-0.2, 0) is 9.84 Å². The van der Waals surface area contributed by atoms with Gasteiger partial charge in [0.05, 0.1) is 11.2 Å². The molecule has 1 amide bonds. The number of carbonyl (C=O) groups excluding carboxylic acids is 1. The average molecular weight is 415 g/mol. The van der Waals surface area contributed by atoms with Gasteiger partial charge < -0.3 is 9.73 Å². The molecule has 3 aromatic rings. The lowest BCUT2D eigenvalue weighted by Gasteiger charge is -2.17. The van der Waals surface area contributed by atoms with E-state index in [0.29, 0.717) is 0 Å². The molecular formula is C22H22FNO4S. The highest BCUT2D eigenvalue weighted by Gasteiger charge is 2.32. The lowest BCUT2D eigenvalue weighted by atomic mass is 10.0. The van der Waals surface area contributed by atoms with Crippen molar-refractivity contribution < 1.29 is 22.0 Å². The number of nitrogens with one attached hydrogen (secondary N) is 1. The van der Waals surface area contributed by atoms with Crippen LogP contribution in [0, 0.1) is 5.82 Å². The van der Waals surface area contributed by atoms with Gasteiger partial charge in [-0.2, -0.15) is 0 Å². The van der Waals surface area contributed by atoms with Crippen LogP contribution in [0.1, 0.15) is 46.7 Å². The number of halogens is 1. The number of benzene rings is 2. The quantitative estimate of drug-likeness (QED) is 0.617. The first-order valence-electron chi connectivity index (χ1n) is 9.20. The Labute approximate surface area is 169 Å². The first-order valence-corrected chi connectivity index (χ1v) is 10.7. The zero-order valence-corrected chi connectivity index (χ0v) is 16.9. The second-order valence-electron chi connectivity index (χ2n) is 6.99. The number of hydrogen-bond donors (Lipinski definition) is 1. The minimum Gasteiger partial charge on any atom is -0.468 e. The van der Waals surface area contributed by atoms with Crippen LogP contribution in [0.4, 0.5) is 4.39 Å². The van der Waals surface area contributed by atoms with Crippen LogP contribution < -0.4 is 5.32 Å². The lowest BCUT2D eigenvalue weighted by Crippen LogP contribution is -2.31. The van der Waals surface area contributed by atoms with E-state index < -0.39 is 26.8 Å². The molecule has 1 aromatic heterocycles. The van der Waals surface area contributed by atoms with Crippen molar-refractivity contribution in [1.29, 1.82) is 0 Å². The SMILES string of the molecule is CC(C)c1ccc(S(=O)(=O)[C@H](CNC(=O)c2cccc(F)c2)c2ccco2)cc1. The van der Waals surface area contributed by atoms with E-state index in [1.165, 1.54) is 24.5 Å². The summed E-state index contributed by atoms with van der Waals surface area (Å²) in [5, 5.41) is 1.46. The first kappa shape index (κ1) is 20.8. The Kier molecular flexibility index (Phi) is 6.17. The van der Waals surface area contributed by atoms with Crippen LogP contribution in [0.3, 0.4) is 0 Å². The summed E-state index contributed by atoms with van der Waals surface area (Å²) in [5.74, 6) is -0.611. The Morgan fingerprint density at radius 3 is 2.38 bits per heavy atom. The third-order valence-corrected chi connectivity index (χ3v) is 6.72. The fourth-order valence-electron chi connectivity index (χ4n) is 2.96. The summed E-state index contributed by atoms with van der Waals surface area (Å²) in [6, 6.07) is 15.0. The van der Waals surface area contributed by atoms with E-state index in [-0.39, 0.29) is 28.7 Å². The average Bonchev–Trinajstić information content (AvgIpc) is 3.22. The summed E-state index contributed by atoms with van der Waals surface area (Å²) in [6.07, 6.45) is 1.38. The molecule has 0 saturated carbocycles. The zero-order chi connectivity index (χ0) is 21.0. The molecular weight excluding hydrogens is 393 g/mol. The van der Waals surface area contributed by atoms with Crippen molar-refractivity contribution in [3.8, 4) is 0 Å². The van der Waals surface area contributed by atoms with E-state index in [1.807, 2.05) is 13.8 Å². The molecule has 1 atom stereocenters. The van der Waals surface area contributed by atoms with Crippen LogP contribution in [0.2, 0.25) is 0 Å². The molecule has 152 valence electrons. The molecule has 29 heavy (non-hydrogen) atoms. The maximum atomic E-state index is 13.4. The summed E-state index contributed by atoms with van der Waals surface area (Å²) in [4.78, 5) is 12.5. The maximum Gasteiger partial charge on any atom is 0.251 e. The summed E-state index contributed by atoms with van der Waals surface area (Å²) in [6.45, 7) is 3.84. The van der Waals surface area contributed by atoms with Crippen molar-refractivity contribution >= 4 is 15.7 Å². The molecule has 1 heterocycles. The van der Waals surface area contributed by atoms with E-state index in [9.17, 15) is 17.6 Å². The van der Waals surface area contributed by atoms with Crippen LogP contribution in [0.5, 0.6) is 0 Å². The van der Waals surface area contributed by atoms with Crippen molar-refractivity contribution in [3.05, 3.63) is 89.6 Å². The van der Waals surface area contributed by atoms with Crippen molar-refractivity contribution in [2.45, 2.75) is 29.9 Å². The minimum atomic E-state index is -3.84. The number of amides is 1. The van der Waals surface area contributed by atoms with Gasteiger partial charge in [0.1, 0.15) is 16.8 Å². The monoisotopic (exact) mass is 415 g/mol. The van der Waals surface area contributed by atoms with Gasteiger partial charge in [0.15, 0.2) is 9.84 Å². The number of sulfone groups is 1. The largest absolute Gasteiger partial charge is 0.468 e. The molecule has 2 aromatic carbocycles. The van der Waals surface area contributed by atoms with E-state index in [0.717, 1.165) is 11.6 Å². The summed E-state index contributed by atoms with van der Waals surface area (Å²) in [7, 11) is -3.84. The Hall–Kier alpha value is -2.93. The molecule has 0 unspecified atom stereocenters. The molecule has 0 spiro atoms. The zero-order valence-electron chi connectivity index (χ0n) is 16.1. The minimum absolute atomic E-state index is 0.113. The molecule has 1 N–H and O–H groups in total. The summed E-state index contributed by atoms with van der Waals surface area (Å²) >= 11 is 0. The van der Waals surface area contributed by atoms with Crippen molar-refractivity contribution in [3.63, 3.8) is 0 Å². The third-order valence-electron chi connectivity index (χ3n) is 4.65. The Morgan fingerprint density at radius 1 is 1.07 bits per heavy atom. The Bertz CT molecular complexity index is 1070. The van der Waals surface area contributed by atoms with Gasteiger partial charge in [0.25, 0.3) is 5.91 Å². The first-order chi connectivity index (χ1) is 13.8. The Balaban J connectivity index is 1.86. The molecule has 0 saturated heterocycles. The molecule has 0 radical (unpaired) electrons. The number of hydrogen-bond acceptors (Lipinski definition) is 4. The van der Waals surface area contributed by atoms with E-state index >= 15 is 0 Å². The highest BCUT2D eigenvalue weighted by Crippen LogP contribution is 2.30. The molecule has 7 heteroatoms. The topological polar surface area (TPSA) is 76.4 Å². The normalized spacial score (nSPS) is 12.7. The third kappa shape index (κ3) is 4.74. The van der Waals surface area contributed by atoms with Gasteiger partial charge in [-0.3, -0.25) is 4.79 Å². The fraction of sp³-hybridized carbons (Fsp3) is 0.227. The van der Waals surface area contributed by atoms with Gasteiger partial charge in [-0.05, 0) is 53.9 Å². The molecule has 3 rings (SSSR count). The van der Waals surface area contributed by atoms with Gasteiger partial charge in [-0.1, -0.05) is 32.0 Å². The standard InChI is InChI=1S/C22H22FNO4S/c1-15(2)16-8-10-19(11-9-16)29(26,27)21(20-7-4-12-28-20)14-24-22(25)17-5-3-6-18(23)13-17/h3-13,15,21H,14H2,1-2H3,(H,24,25)/t21-/m1/s1. The molecule has 0 aliphatic heterocycles. The molecule has 0 bridgehead atoms. The van der Waals surface area contributed by atoms with Crippen molar-refractivity contribution in [2.24, 2.45) is 0 Å². The van der Waals surface area contributed by atoms with Gasteiger partial charge >= 0.3 is 0 Å². The summed E-state index contributed by atoms with van der Waals surface area (Å²) in [5.41, 5.74) is 1.14. The van der Waals surface area contributed by atoms with Gasteiger partial charge in [0, 0.05) is 12.1 Å². The van der Waals surface area contributed by atoms with Crippen LogP contribution in [0.15, 0.2) is 76.2 Å². The van der Waals surface area contributed by atoms with E-state index in [4.69, 9.17) is 4.42 Å². The number of furan rings is 1. The van der Waals surface area contributed by atoms with Crippen LogP contribution in [0.25, 0.3) is 0 Å². The number of rotatable bonds is 7. The molecule has 5 nitrogen and oxygen atoms in total. The van der Waals surface area contributed by atoms with Crippen LogP contribution >= 0.6 is 0 Å². The second-order valence-corrected chi connectivity index (χ2v) is 9.12. The lowest BCUT2D eigenvalue weighted by molar-refractivity contribution is 0.0952. The molecule has 0 aliphatic rings. The number of carbonyl (C=O) groups is 1.